The van der Waals surface area contributed by atoms with Crippen LogP contribution in [0.3, 0.4) is 0 Å². The molecule has 1 aliphatic rings. The smallest absolute Gasteiger partial charge is 0.252 e. The lowest BCUT2D eigenvalue weighted by molar-refractivity contribution is -0.115. The Labute approximate surface area is 151 Å². The van der Waals surface area contributed by atoms with Gasteiger partial charge < -0.3 is 10.3 Å². The highest BCUT2D eigenvalue weighted by Crippen LogP contribution is 2.34. The first kappa shape index (κ1) is 16.6. The lowest BCUT2D eigenvalue weighted by Crippen LogP contribution is -2.22. The number of carbonyl (C=O) groups excluding carboxylic acids is 1. The van der Waals surface area contributed by atoms with Gasteiger partial charge in [-0.1, -0.05) is 31.0 Å². The van der Waals surface area contributed by atoms with E-state index in [4.69, 9.17) is 0 Å². The van der Waals surface area contributed by atoms with E-state index < -0.39 is 0 Å². The molecule has 0 unspecified atom stereocenters. The maximum atomic E-state index is 12.4. The number of fused-ring (bicyclic) bond motifs is 1. The third-order valence-corrected chi connectivity index (χ3v) is 5.12. The zero-order valence-electron chi connectivity index (χ0n) is 14.8. The van der Waals surface area contributed by atoms with Crippen LogP contribution in [0.15, 0.2) is 41.2 Å². The fraction of sp³-hybridized carbons (Fsp3) is 0.350. The number of rotatable bonds is 4. The fourth-order valence-corrected chi connectivity index (χ4v) is 3.71. The van der Waals surface area contributed by atoms with Gasteiger partial charge in [-0.3, -0.25) is 14.3 Å². The van der Waals surface area contributed by atoms with E-state index in [2.05, 4.69) is 15.4 Å². The second-order valence-electron chi connectivity index (χ2n) is 7.00. The molecule has 1 aliphatic carbocycles. The van der Waals surface area contributed by atoms with Crippen molar-refractivity contribution in [3.05, 3.63) is 58.0 Å². The summed E-state index contributed by atoms with van der Waals surface area (Å²) in [4.78, 5) is 27.5. The number of aromatic amines is 1. The minimum atomic E-state index is -0.226. The van der Waals surface area contributed by atoms with Crippen molar-refractivity contribution in [1.82, 2.24) is 14.8 Å². The topological polar surface area (TPSA) is 79.8 Å². The number of H-pyrrole nitrogens is 1. The number of aromatic nitrogens is 3. The molecule has 1 fully saturated rings. The molecule has 3 aromatic rings. The molecular formula is C20H22N4O2. The molecule has 2 heterocycles. The molecule has 26 heavy (non-hydrogen) atoms. The molecule has 134 valence electrons. The summed E-state index contributed by atoms with van der Waals surface area (Å²) in [7, 11) is 1.83. The van der Waals surface area contributed by atoms with Crippen LogP contribution >= 0.6 is 0 Å². The largest absolute Gasteiger partial charge is 0.322 e. The summed E-state index contributed by atoms with van der Waals surface area (Å²) in [5.74, 6) is 0.955. The maximum absolute atomic E-state index is 12.4. The zero-order chi connectivity index (χ0) is 18.1. The van der Waals surface area contributed by atoms with Crippen LogP contribution in [0.2, 0.25) is 0 Å². The van der Waals surface area contributed by atoms with Gasteiger partial charge in [0.1, 0.15) is 5.82 Å². The van der Waals surface area contributed by atoms with Gasteiger partial charge in [0.05, 0.1) is 12.1 Å². The summed E-state index contributed by atoms with van der Waals surface area (Å²) in [5.41, 5.74) is 2.05. The Balaban J connectivity index is 1.51. The summed E-state index contributed by atoms with van der Waals surface area (Å²) in [6, 6.07) is 11.3. The number of amides is 1. The lowest BCUT2D eigenvalue weighted by atomic mass is 10.0. The number of para-hydroxylation sites is 1. The summed E-state index contributed by atoms with van der Waals surface area (Å²) < 4.78 is 1.70. The standard InChI is InChI=1S/C20H22N4O2/c1-24-18(12-17(23-24)13-6-2-3-7-13)22-19(25)11-15-10-14-8-4-5-9-16(14)21-20(15)26/h4-5,8-10,12-13H,2-3,6-7,11H2,1H3,(H,21,26)(H,22,25). The first-order valence-corrected chi connectivity index (χ1v) is 9.05. The van der Waals surface area contributed by atoms with E-state index in [1.807, 2.05) is 37.4 Å². The highest BCUT2D eigenvalue weighted by Gasteiger charge is 2.21. The normalized spacial score (nSPS) is 14.8. The Bertz CT molecular complexity index is 1010. The third-order valence-electron chi connectivity index (χ3n) is 5.12. The summed E-state index contributed by atoms with van der Waals surface area (Å²) in [6.45, 7) is 0. The van der Waals surface area contributed by atoms with Crippen LogP contribution in [0, 0.1) is 0 Å². The Morgan fingerprint density at radius 3 is 2.85 bits per heavy atom. The van der Waals surface area contributed by atoms with Crippen molar-refractivity contribution in [2.75, 3.05) is 5.32 Å². The van der Waals surface area contributed by atoms with Gasteiger partial charge in [-0.25, -0.2) is 0 Å². The van der Waals surface area contributed by atoms with Gasteiger partial charge in [0, 0.05) is 30.1 Å². The van der Waals surface area contributed by atoms with E-state index in [1.165, 1.54) is 12.8 Å². The van der Waals surface area contributed by atoms with Crippen LogP contribution in [0.25, 0.3) is 10.9 Å². The molecule has 6 heteroatoms. The monoisotopic (exact) mass is 350 g/mol. The van der Waals surface area contributed by atoms with Crippen molar-refractivity contribution in [2.45, 2.75) is 38.0 Å². The number of hydrogen-bond acceptors (Lipinski definition) is 3. The zero-order valence-corrected chi connectivity index (χ0v) is 14.8. The molecular weight excluding hydrogens is 328 g/mol. The Kier molecular flexibility index (Phi) is 4.32. The molecule has 0 saturated heterocycles. The van der Waals surface area contributed by atoms with Gasteiger partial charge in [0.15, 0.2) is 0 Å². The van der Waals surface area contributed by atoms with E-state index in [9.17, 15) is 9.59 Å². The van der Waals surface area contributed by atoms with E-state index in [1.54, 1.807) is 10.7 Å². The van der Waals surface area contributed by atoms with Crippen molar-refractivity contribution in [3.63, 3.8) is 0 Å². The molecule has 0 spiro atoms. The first-order chi connectivity index (χ1) is 12.6. The number of benzene rings is 1. The molecule has 6 nitrogen and oxygen atoms in total. The third kappa shape index (κ3) is 3.27. The minimum absolute atomic E-state index is 0.0319. The van der Waals surface area contributed by atoms with Crippen LogP contribution < -0.4 is 10.9 Å². The van der Waals surface area contributed by atoms with Crippen molar-refractivity contribution in [1.29, 1.82) is 0 Å². The van der Waals surface area contributed by atoms with Crippen molar-refractivity contribution in [3.8, 4) is 0 Å². The van der Waals surface area contributed by atoms with E-state index in [-0.39, 0.29) is 17.9 Å². The number of carbonyl (C=O) groups is 1. The quantitative estimate of drug-likeness (QED) is 0.759. The minimum Gasteiger partial charge on any atom is -0.322 e. The molecule has 0 radical (unpaired) electrons. The average Bonchev–Trinajstić information content (AvgIpc) is 3.26. The van der Waals surface area contributed by atoms with Crippen LogP contribution in [0.4, 0.5) is 5.82 Å². The SMILES string of the molecule is Cn1nc(C2CCCC2)cc1NC(=O)Cc1cc2ccccc2[nH]c1=O. The van der Waals surface area contributed by atoms with E-state index in [0.717, 1.165) is 29.4 Å². The second kappa shape index (κ2) is 6.78. The number of nitrogens with one attached hydrogen (secondary N) is 2. The highest BCUT2D eigenvalue weighted by atomic mass is 16.2. The second-order valence-corrected chi connectivity index (χ2v) is 7.00. The Hall–Kier alpha value is -2.89. The van der Waals surface area contributed by atoms with Crippen LogP contribution in [0.1, 0.15) is 42.9 Å². The molecule has 0 aliphatic heterocycles. The molecule has 4 rings (SSSR count). The highest BCUT2D eigenvalue weighted by molar-refractivity contribution is 5.92. The average molecular weight is 350 g/mol. The predicted octanol–water partition coefficient (Wildman–Crippen LogP) is 3.10. The van der Waals surface area contributed by atoms with E-state index >= 15 is 0 Å². The number of aryl methyl sites for hydroxylation is 1. The summed E-state index contributed by atoms with van der Waals surface area (Å²) in [5, 5.41) is 8.35. The molecule has 2 aromatic heterocycles. The molecule has 1 amide bonds. The van der Waals surface area contributed by atoms with E-state index in [0.29, 0.717) is 17.3 Å². The lowest BCUT2D eigenvalue weighted by Gasteiger charge is -2.06. The van der Waals surface area contributed by atoms with Crippen molar-refractivity contribution >= 4 is 22.6 Å². The number of nitrogens with zero attached hydrogens (tertiary/aromatic N) is 2. The van der Waals surface area contributed by atoms with Crippen LogP contribution in [-0.4, -0.2) is 20.7 Å². The van der Waals surface area contributed by atoms with Gasteiger partial charge >= 0.3 is 0 Å². The predicted molar refractivity (Wildman–Crippen MR) is 101 cm³/mol. The van der Waals surface area contributed by atoms with Gasteiger partial charge in [-0.15, -0.1) is 0 Å². The number of anilines is 1. The van der Waals surface area contributed by atoms with Crippen molar-refractivity contribution in [2.24, 2.45) is 7.05 Å². The molecule has 0 atom stereocenters. The molecule has 2 N–H and O–H groups in total. The van der Waals surface area contributed by atoms with Gasteiger partial charge in [-0.2, -0.15) is 5.10 Å². The van der Waals surface area contributed by atoms with Gasteiger partial charge in [-0.05, 0) is 30.4 Å². The summed E-state index contributed by atoms with van der Waals surface area (Å²) in [6.07, 6.45) is 4.85. The van der Waals surface area contributed by atoms with Crippen LogP contribution in [0.5, 0.6) is 0 Å². The maximum Gasteiger partial charge on any atom is 0.252 e. The molecule has 1 saturated carbocycles. The Morgan fingerprint density at radius 2 is 2.04 bits per heavy atom. The van der Waals surface area contributed by atoms with Gasteiger partial charge in [0.25, 0.3) is 5.56 Å². The number of pyridine rings is 1. The van der Waals surface area contributed by atoms with Crippen LogP contribution in [-0.2, 0) is 18.3 Å². The summed E-state index contributed by atoms with van der Waals surface area (Å²) >= 11 is 0. The molecule has 0 bridgehead atoms. The fourth-order valence-electron chi connectivity index (χ4n) is 3.71. The molecule has 1 aromatic carbocycles. The van der Waals surface area contributed by atoms with Gasteiger partial charge in [0.2, 0.25) is 5.91 Å². The first-order valence-electron chi connectivity index (χ1n) is 9.05. The van der Waals surface area contributed by atoms with Crippen molar-refractivity contribution < 1.29 is 4.79 Å². The Morgan fingerprint density at radius 1 is 1.27 bits per heavy atom. The number of hydrogen-bond donors (Lipinski definition) is 2.